The highest BCUT2D eigenvalue weighted by Gasteiger charge is 2.38. The number of ether oxygens (including phenoxy) is 1. The fraction of sp³-hybridized carbons (Fsp3) is 0.250. The number of allylic oxidation sites excluding steroid dienone is 4. The summed E-state index contributed by atoms with van der Waals surface area (Å²) in [6.07, 6.45) is 7.76. The van der Waals surface area contributed by atoms with Gasteiger partial charge in [0.25, 0.3) is 5.76 Å². The molecule has 1 aliphatic heterocycles. The Kier molecular flexibility index (Phi) is 7.89. The van der Waals surface area contributed by atoms with Gasteiger partial charge in [0.15, 0.2) is 11.3 Å². The molecule has 5 heteroatoms. The maximum atomic E-state index is 5.97. The second kappa shape index (κ2) is 9.96. The van der Waals surface area contributed by atoms with Crippen LogP contribution in [0.3, 0.4) is 0 Å². The Bertz CT molecular complexity index is 919. The first-order valence-electron chi connectivity index (χ1n) is 9.36. The minimum atomic E-state index is 0. The van der Waals surface area contributed by atoms with Gasteiger partial charge in [-0.15, -0.1) is 12.4 Å². The van der Waals surface area contributed by atoms with Crippen molar-refractivity contribution in [2.75, 3.05) is 39.2 Å². The van der Waals surface area contributed by atoms with Gasteiger partial charge in [0.05, 0.1) is 29.8 Å². The molecule has 3 nitrogen and oxygen atoms in total. The van der Waals surface area contributed by atoms with E-state index >= 15 is 0 Å². The summed E-state index contributed by atoms with van der Waals surface area (Å²) in [6.45, 7) is 1.54. The summed E-state index contributed by atoms with van der Waals surface area (Å²) in [5.41, 5.74) is 6.18. The summed E-state index contributed by atoms with van der Waals surface area (Å²) in [7, 11) is 6.23. The van der Waals surface area contributed by atoms with E-state index in [9.17, 15) is 0 Å². The van der Waals surface area contributed by atoms with E-state index in [0.29, 0.717) is 6.61 Å². The van der Waals surface area contributed by atoms with E-state index in [-0.39, 0.29) is 30.7 Å². The lowest BCUT2D eigenvalue weighted by Gasteiger charge is -2.31. The Morgan fingerprint density at radius 2 is 1.69 bits per heavy atom. The normalized spacial score (nSPS) is 16.8. The predicted octanol–water partition coefficient (Wildman–Crippen LogP) is 1.78. The lowest BCUT2D eigenvalue weighted by molar-refractivity contribution is -0.00000642. The van der Waals surface area contributed by atoms with Crippen LogP contribution in [0.4, 0.5) is 5.69 Å². The largest absolute Gasteiger partial charge is 1.00 e. The third-order valence-corrected chi connectivity index (χ3v) is 5.11. The maximum Gasteiger partial charge on any atom is 0.289 e. The van der Waals surface area contributed by atoms with Crippen LogP contribution in [0.25, 0.3) is 0 Å². The van der Waals surface area contributed by atoms with Gasteiger partial charge < -0.3 is 22.0 Å². The molecule has 2 aliphatic rings. The van der Waals surface area contributed by atoms with Gasteiger partial charge in [-0.25, -0.2) is 0 Å². The van der Waals surface area contributed by atoms with Gasteiger partial charge >= 0.3 is 0 Å². The summed E-state index contributed by atoms with van der Waals surface area (Å²) < 4.78 is 5.97. The van der Waals surface area contributed by atoms with Crippen molar-refractivity contribution >= 4 is 18.1 Å². The molecule has 0 aromatic heterocycles. The van der Waals surface area contributed by atoms with E-state index in [1.54, 1.807) is 0 Å². The Labute approximate surface area is 186 Å². The molecule has 0 amide bonds. The second-order valence-electron chi connectivity index (χ2n) is 7.23. The highest BCUT2D eigenvalue weighted by atomic mass is 35.5. The van der Waals surface area contributed by atoms with E-state index in [0.717, 1.165) is 12.3 Å². The van der Waals surface area contributed by atoms with Gasteiger partial charge in [0, 0.05) is 13.6 Å². The summed E-state index contributed by atoms with van der Waals surface area (Å²) in [5.74, 6) is 0.968. The molecule has 0 fully saturated rings. The molecule has 1 atom stereocenters. The van der Waals surface area contributed by atoms with Crippen molar-refractivity contribution in [1.29, 1.82) is 0 Å². The van der Waals surface area contributed by atoms with Gasteiger partial charge in [0.1, 0.15) is 6.61 Å². The van der Waals surface area contributed by atoms with Crippen molar-refractivity contribution in [3.63, 3.8) is 0 Å². The number of hydrogen-bond acceptors (Lipinski definition) is 3. The van der Waals surface area contributed by atoms with Crippen molar-refractivity contribution in [2.45, 2.75) is 5.92 Å². The molecule has 2 aromatic carbocycles. The van der Waals surface area contributed by atoms with Crippen molar-refractivity contribution in [3.05, 3.63) is 101 Å². The zero-order valence-electron chi connectivity index (χ0n) is 16.9. The second-order valence-corrected chi connectivity index (χ2v) is 7.23. The molecule has 29 heavy (non-hydrogen) atoms. The average Bonchev–Trinajstić information content (AvgIpc) is 2.69. The molecule has 0 spiro atoms. The Morgan fingerprint density at radius 3 is 2.41 bits per heavy atom. The standard InChI is InChI=1S/C24H25N2O.2ClH/c1-25(2)15-16-27-19-13-14-23-21(17-19)24(18-9-5-4-6-10-18)20-11-7-8-12-22(20)26(23)3;;/h4-14,24H,15-16H2,1-3H3;2*1H/q+1;;/p-1. The summed E-state index contributed by atoms with van der Waals surface area (Å²) in [6, 6.07) is 19.3. The lowest BCUT2D eigenvalue weighted by atomic mass is 9.79. The van der Waals surface area contributed by atoms with Gasteiger partial charge in [-0.1, -0.05) is 48.5 Å². The Morgan fingerprint density at radius 1 is 1.00 bits per heavy atom. The van der Waals surface area contributed by atoms with Gasteiger partial charge in [0.2, 0.25) is 0 Å². The zero-order valence-corrected chi connectivity index (χ0v) is 18.5. The molecular formula is C24H26Cl2N2O. The first-order valence-corrected chi connectivity index (χ1v) is 9.36. The molecule has 1 heterocycles. The highest BCUT2D eigenvalue weighted by Crippen LogP contribution is 2.45. The van der Waals surface area contributed by atoms with Crippen LogP contribution in [0.15, 0.2) is 83.8 Å². The minimum Gasteiger partial charge on any atom is -1.00 e. The molecule has 0 saturated heterocycles. The Hall–Kier alpha value is -2.29. The summed E-state index contributed by atoms with van der Waals surface area (Å²) >= 11 is 0. The Balaban J connectivity index is 0.00000150. The predicted molar refractivity (Wildman–Crippen MR) is 118 cm³/mol. The van der Waals surface area contributed by atoms with Crippen LogP contribution in [0.2, 0.25) is 0 Å². The van der Waals surface area contributed by atoms with Crippen molar-refractivity contribution in [2.24, 2.45) is 0 Å². The van der Waals surface area contributed by atoms with Crippen molar-refractivity contribution in [1.82, 2.24) is 4.90 Å². The van der Waals surface area contributed by atoms with E-state index in [1.165, 1.54) is 28.1 Å². The third-order valence-electron chi connectivity index (χ3n) is 5.11. The van der Waals surface area contributed by atoms with Crippen LogP contribution < -0.4 is 17.3 Å². The number of benzene rings is 2. The van der Waals surface area contributed by atoms with E-state index in [4.69, 9.17) is 4.74 Å². The highest BCUT2D eigenvalue weighted by molar-refractivity contribution is 5.85. The molecule has 0 saturated carbocycles. The number of fused-ring (bicyclic) bond motifs is 1. The number of anilines is 1. The number of rotatable bonds is 5. The monoisotopic (exact) mass is 428 g/mol. The SMILES string of the molecule is CN(C)CCOC1=[C+]C2=C(C=C1)N(C)c1ccccc1C2c1ccccc1.Cl.[Cl-]. The summed E-state index contributed by atoms with van der Waals surface area (Å²) in [4.78, 5) is 4.37. The number of nitrogens with zero attached hydrogens (tertiary/aromatic N) is 2. The van der Waals surface area contributed by atoms with Crippen LogP contribution in [0, 0.1) is 6.08 Å². The first-order chi connectivity index (χ1) is 13.1. The van der Waals surface area contributed by atoms with Gasteiger partial charge in [-0.2, -0.15) is 0 Å². The summed E-state index contributed by atoms with van der Waals surface area (Å²) in [5, 5.41) is 0. The molecule has 0 N–H and O–H groups in total. The molecular weight excluding hydrogens is 403 g/mol. The van der Waals surface area contributed by atoms with E-state index < -0.39 is 0 Å². The molecule has 0 bridgehead atoms. The molecule has 1 unspecified atom stereocenters. The molecule has 2 aromatic rings. The van der Waals surface area contributed by atoms with Crippen LogP contribution in [-0.2, 0) is 4.74 Å². The first kappa shape index (κ1) is 23.0. The number of halogens is 2. The molecule has 1 aliphatic carbocycles. The lowest BCUT2D eigenvalue weighted by Crippen LogP contribution is -3.00. The van der Waals surface area contributed by atoms with Gasteiger partial charge in [-0.3, -0.25) is 4.90 Å². The van der Waals surface area contributed by atoms with Gasteiger partial charge in [-0.05, 0) is 31.3 Å². The fourth-order valence-electron chi connectivity index (χ4n) is 3.73. The maximum absolute atomic E-state index is 5.97. The average molecular weight is 429 g/mol. The fourth-order valence-corrected chi connectivity index (χ4v) is 3.73. The van der Waals surface area contributed by atoms with E-state index in [1.807, 2.05) is 6.08 Å². The van der Waals surface area contributed by atoms with Crippen LogP contribution in [0.5, 0.6) is 0 Å². The van der Waals surface area contributed by atoms with Crippen LogP contribution in [0.1, 0.15) is 17.0 Å². The smallest absolute Gasteiger partial charge is 0.289 e. The van der Waals surface area contributed by atoms with Crippen LogP contribution in [-0.4, -0.2) is 39.2 Å². The number of hydrogen-bond donors (Lipinski definition) is 0. The van der Waals surface area contributed by atoms with Crippen LogP contribution >= 0.6 is 12.4 Å². The third kappa shape index (κ3) is 4.66. The van der Waals surface area contributed by atoms with E-state index in [2.05, 4.69) is 97.7 Å². The quantitative estimate of drug-likeness (QED) is 0.675. The zero-order chi connectivity index (χ0) is 18.8. The molecule has 4 rings (SSSR count). The van der Waals surface area contributed by atoms with Crippen molar-refractivity contribution in [3.8, 4) is 0 Å². The van der Waals surface area contributed by atoms with Crippen molar-refractivity contribution < 1.29 is 17.1 Å². The number of para-hydroxylation sites is 1. The number of likely N-dealkylation sites (N-methyl/N-ethyl adjacent to an activating group) is 2. The molecule has 152 valence electrons. The molecule has 0 radical (unpaired) electrons. The topological polar surface area (TPSA) is 15.7 Å². The minimum absolute atomic E-state index is 0.